The minimum Gasteiger partial charge on any atom is -0.381 e. The lowest BCUT2D eigenvalue weighted by Crippen LogP contribution is -2.16. The van der Waals surface area contributed by atoms with Crippen molar-refractivity contribution in [2.45, 2.75) is 24.8 Å². The van der Waals surface area contributed by atoms with Crippen molar-refractivity contribution in [3.63, 3.8) is 0 Å². The zero-order valence-corrected chi connectivity index (χ0v) is 11.2. The second kappa shape index (κ2) is 4.62. The van der Waals surface area contributed by atoms with Gasteiger partial charge in [-0.1, -0.05) is 0 Å². The smallest absolute Gasteiger partial charge is 0.123 e. The van der Waals surface area contributed by atoms with Gasteiger partial charge in [-0.3, -0.25) is 4.68 Å². The van der Waals surface area contributed by atoms with Crippen LogP contribution in [0.2, 0.25) is 0 Å². The number of ether oxygens (including phenoxy) is 2. The zero-order chi connectivity index (χ0) is 11.0. The highest BCUT2D eigenvalue weighted by Crippen LogP contribution is 2.30. The molecule has 5 heteroatoms. The molecule has 1 aromatic heterocycles. The summed E-state index contributed by atoms with van der Waals surface area (Å²) < 4.78 is 14.2. The molecule has 0 aromatic carbocycles. The summed E-state index contributed by atoms with van der Waals surface area (Å²) in [5, 5.41) is 4.60. The summed E-state index contributed by atoms with van der Waals surface area (Å²) in [4.78, 5) is 0. The monoisotopic (exact) mass is 334 g/mol. The van der Waals surface area contributed by atoms with Gasteiger partial charge in [-0.15, -0.1) is 0 Å². The first-order valence-corrected chi connectivity index (χ1v) is 6.83. The van der Waals surface area contributed by atoms with E-state index < -0.39 is 0 Å². The second-order valence-electron chi connectivity index (χ2n) is 4.41. The Bertz CT molecular complexity index is 335. The van der Waals surface area contributed by atoms with Gasteiger partial charge in [0.05, 0.1) is 19.3 Å². The van der Waals surface area contributed by atoms with E-state index in [-0.39, 0.29) is 0 Å². The van der Waals surface area contributed by atoms with Crippen LogP contribution in [-0.4, -0.2) is 36.2 Å². The van der Waals surface area contributed by atoms with E-state index in [4.69, 9.17) is 9.47 Å². The van der Waals surface area contributed by atoms with Crippen LogP contribution in [0.5, 0.6) is 0 Å². The van der Waals surface area contributed by atoms with E-state index in [9.17, 15) is 0 Å². The van der Waals surface area contributed by atoms with Crippen LogP contribution in [0.4, 0.5) is 0 Å². The first-order chi connectivity index (χ1) is 7.84. The van der Waals surface area contributed by atoms with Crippen molar-refractivity contribution >= 4 is 22.6 Å². The fourth-order valence-electron chi connectivity index (χ4n) is 2.46. The van der Waals surface area contributed by atoms with Gasteiger partial charge < -0.3 is 9.47 Å². The van der Waals surface area contributed by atoms with Crippen LogP contribution < -0.4 is 0 Å². The molecule has 0 aliphatic carbocycles. The van der Waals surface area contributed by atoms with Gasteiger partial charge in [0.2, 0.25) is 0 Å². The number of halogens is 1. The summed E-state index contributed by atoms with van der Waals surface area (Å²) in [5.41, 5.74) is 1.33. The zero-order valence-electron chi connectivity index (χ0n) is 9.06. The standard InChI is InChI=1S/C11H15IN2O2/c12-11-5-10(8-1-3-15-6-8)14(13-11)9-2-4-16-7-9/h5,8-9H,1-4,6-7H2. The van der Waals surface area contributed by atoms with Crippen LogP contribution in [-0.2, 0) is 9.47 Å². The van der Waals surface area contributed by atoms with Crippen LogP contribution in [0, 0.1) is 3.70 Å². The average Bonchev–Trinajstić information content (AvgIpc) is 2.98. The van der Waals surface area contributed by atoms with E-state index in [1.807, 2.05) is 0 Å². The largest absolute Gasteiger partial charge is 0.381 e. The van der Waals surface area contributed by atoms with E-state index in [1.165, 1.54) is 5.69 Å². The molecule has 16 heavy (non-hydrogen) atoms. The maximum absolute atomic E-state index is 5.46. The summed E-state index contributed by atoms with van der Waals surface area (Å²) in [6.45, 7) is 3.39. The third-order valence-electron chi connectivity index (χ3n) is 3.33. The minimum absolute atomic E-state index is 0.430. The fourth-order valence-corrected chi connectivity index (χ4v) is 3.01. The van der Waals surface area contributed by atoms with Crippen molar-refractivity contribution in [3.05, 3.63) is 15.5 Å². The van der Waals surface area contributed by atoms with Gasteiger partial charge in [0, 0.05) is 24.8 Å². The lowest BCUT2D eigenvalue weighted by Gasteiger charge is -2.15. The van der Waals surface area contributed by atoms with E-state index in [0.29, 0.717) is 12.0 Å². The Morgan fingerprint density at radius 1 is 1.25 bits per heavy atom. The molecule has 0 bridgehead atoms. The fraction of sp³-hybridized carbons (Fsp3) is 0.727. The number of hydrogen-bond acceptors (Lipinski definition) is 3. The van der Waals surface area contributed by atoms with Crippen LogP contribution in [0.25, 0.3) is 0 Å². The van der Waals surface area contributed by atoms with Gasteiger partial charge in [0.15, 0.2) is 0 Å². The molecule has 0 N–H and O–H groups in total. The molecular weight excluding hydrogens is 319 g/mol. The molecule has 2 aliphatic heterocycles. The molecule has 2 aliphatic rings. The van der Waals surface area contributed by atoms with Crippen LogP contribution in [0.1, 0.15) is 30.5 Å². The lowest BCUT2D eigenvalue weighted by atomic mass is 10.0. The Balaban J connectivity index is 1.90. The summed E-state index contributed by atoms with van der Waals surface area (Å²) in [7, 11) is 0. The molecule has 0 spiro atoms. The molecule has 1 aromatic rings. The predicted molar refractivity (Wildman–Crippen MR) is 67.6 cm³/mol. The van der Waals surface area contributed by atoms with E-state index in [1.54, 1.807) is 0 Å². The first-order valence-electron chi connectivity index (χ1n) is 5.75. The van der Waals surface area contributed by atoms with Crippen LogP contribution in [0.3, 0.4) is 0 Å². The Morgan fingerprint density at radius 2 is 2.06 bits per heavy atom. The molecule has 2 saturated heterocycles. The molecule has 2 unspecified atom stereocenters. The molecule has 0 radical (unpaired) electrons. The highest BCUT2D eigenvalue weighted by molar-refractivity contribution is 14.1. The SMILES string of the molecule is Ic1cc(C2CCOC2)n(C2CCOC2)n1. The number of rotatable bonds is 2. The first kappa shape index (κ1) is 11.0. The Morgan fingerprint density at radius 3 is 2.75 bits per heavy atom. The Labute approximate surface area is 108 Å². The van der Waals surface area contributed by atoms with E-state index in [2.05, 4.69) is 38.4 Å². The lowest BCUT2D eigenvalue weighted by molar-refractivity contribution is 0.181. The van der Waals surface area contributed by atoms with Gasteiger partial charge in [0.25, 0.3) is 0 Å². The molecule has 3 heterocycles. The van der Waals surface area contributed by atoms with Crippen LogP contribution >= 0.6 is 22.6 Å². The van der Waals surface area contributed by atoms with Crippen molar-refractivity contribution < 1.29 is 9.47 Å². The molecule has 4 nitrogen and oxygen atoms in total. The summed E-state index contributed by atoms with van der Waals surface area (Å²) in [6, 6.07) is 2.62. The number of hydrogen-bond donors (Lipinski definition) is 0. The molecule has 3 rings (SSSR count). The number of nitrogens with zero attached hydrogens (tertiary/aromatic N) is 2. The van der Waals surface area contributed by atoms with E-state index >= 15 is 0 Å². The van der Waals surface area contributed by atoms with Crippen molar-refractivity contribution in [3.8, 4) is 0 Å². The summed E-state index contributed by atoms with van der Waals surface area (Å²) in [5.74, 6) is 0.525. The average molecular weight is 334 g/mol. The quantitative estimate of drug-likeness (QED) is 0.776. The molecule has 2 atom stereocenters. The highest BCUT2D eigenvalue weighted by Gasteiger charge is 2.27. The topological polar surface area (TPSA) is 36.3 Å². The molecule has 88 valence electrons. The Hall–Kier alpha value is -0.140. The molecule has 0 saturated carbocycles. The summed E-state index contributed by atoms with van der Waals surface area (Å²) >= 11 is 2.29. The normalized spacial score (nSPS) is 30.1. The van der Waals surface area contributed by atoms with Crippen molar-refractivity contribution in [2.24, 2.45) is 0 Å². The van der Waals surface area contributed by atoms with Gasteiger partial charge in [0.1, 0.15) is 3.70 Å². The third-order valence-corrected chi connectivity index (χ3v) is 3.86. The molecule has 0 amide bonds. The van der Waals surface area contributed by atoms with E-state index in [0.717, 1.165) is 43.0 Å². The minimum atomic E-state index is 0.430. The summed E-state index contributed by atoms with van der Waals surface area (Å²) in [6.07, 6.45) is 2.20. The maximum Gasteiger partial charge on any atom is 0.123 e. The van der Waals surface area contributed by atoms with Gasteiger partial charge >= 0.3 is 0 Å². The highest BCUT2D eigenvalue weighted by atomic mass is 127. The Kier molecular flexibility index (Phi) is 3.17. The van der Waals surface area contributed by atoms with Crippen molar-refractivity contribution in [1.29, 1.82) is 0 Å². The maximum atomic E-state index is 5.46. The van der Waals surface area contributed by atoms with Gasteiger partial charge in [-0.25, -0.2) is 0 Å². The van der Waals surface area contributed by atoms with Gasteiger partial charge in [-0.2, -0.15) is 5.10 Å². The van der Waals surface area contributed by atoms with Crippen molar-refractivity contribution in [1.82, 2.24) is 9.78 Å². The number of aromatic nitrogens is 2. The van der Waals surface area contributed by atoms with Crippen LogP contribution in [0.15, 0.2) is 6.07 Å². The molecular formula is C11H15IN2O2. The van der Waals surface area contributed by atoms with Crippen molar-refractivity contribution in [2.75, 3.05) is 26.4 Å². The molecule has 2 fully saturated rings. The third kappa shape index (κ3) is 2.00. The second-order valence-corrected chi connectivity index (χ2v) is 5.52. The van der Waals surface area contributed by atoms with Gasteiger partial charge in [-0.05, 0) is 41.5 Å². The predicted octanol–water partition coefficient (Wildman–Crippen LogP) is 1.95.